The van der Waals surface area contributed by atoms with Gasteiger partial charge in [-0.3, -0.25) is 4.90 Å². The maximum absolute atomic E-state index is 9.34. The summed E-state index contributed by atoms with van der Waals surface area (Å²) in [5, 5.41) is 10.5. The molecular formula is C20H24N4O. The summed E-state index contributed by atoms with van der Waals surface area (Å²) in [7, 11) is 0. The van der Waals surface area contributed by atoms with Gasteiger partial charge in [-0.15, -0.1) is 0 Å². The van der Waals surface area contributed by atoms with E-state index in [0.29, 0.717) is 11.7 Å². The van der Waals surface area contributed by atoms with Crippen LogP contribution in [0.3, 0.4) is 0 Å². The van der Waals surface area contributed by atoms with Crippen LogP contribution >= 0.6 is 0 Å². The molecular weight excluding hydrogens is 312 g/mol. The van der Waals surface area contributed by atoms with E-state index in [2.05, 4.69) is 26.9 Å². The van der Waals surface area contributed by atoms with Gasteiger partial charge in [0.15, 0.2) is 0 Å². The van der Waals surface area contributed by atoms with E-state index >= 15 is 0 Å². The zero-order valence-corrected chi connectivity index (χ0v) is 14.5. The lowest BCUT2D eigenvalue weighted by Gasteiger charge is -2.33. The summed E-state index contributed by atoms with van der Waals surface area (Å²) < 4.78 is 5.51. The van der Waals surface area contributed by atoms with Crippen molar-refractivity contribution < 1.29 is 4.74 Å². The van der Waals surface area contributed by atoms with E-state index < -0.39 is 0 Å². The van der Waals surface area contributed by atoms with Crippen molar-refractivity contribution in [3.05, 3.63) is 36.0 Å². The molecule has 1 aromatic heterocycles. The van der Waals surface area contributed by atoms with Crippen molar-refractivity contribution in [2.45, 2.75) is 25.3 Å². The zero-order chi connectivity index (χ0) is 17.1. The first-order valence-electron chi connectivity index (χ1n) is 9.22. The summed E-state index contributed by atoms with van der Waals surface area (Å²) in [5.74, 6) is 0. The van der Waals surface area contributed by atoms with Crippen molar-refractivity contribution in [2.24, 2.45) is 0 Å². The van der Waals surface area contributed by atoms with E-state index in [1.165, 1.54) is 0 Å². The molecule has 0 radical (unpaired) electrons. The Kier molecular flexibility index (Phi) is 4.82. The molecule has 3 heterocycles. The van der Waals surface area contributed by atoms with Crippen LogP contribution in [-0.2, 0) is 4.74 Å². The molecule has 2 aliphatic heterocycles. The highest BCUT2D eigenvalue weighted by atomic mass is 16.5. The number of pyridine rings is 1. The van der Waals surface area contributed by atoms with Gasteiger partial charge < -0.3 is 9.64 Å². The number of fused-ring (bicyclic) bond motifs is 1. The molecule has 1 aromatic carbocycles. The molecule has 4 rings (SSSR count). The van der Waals surface area contributed by atoms with Crippen molar-refractivity contribution in [3.63, 3.8) is 0 Å². The number of rotatable bonds is 2. The molecule has 2 aromatic rings. The fourth-order valence-corrected chi connectivity index (χ4v) is 4.07. The van der Waals surface area contributed by atoms with Crippen LogP contribution in [0.15, 0.2) is 30.3 Å². The number of benzene rings is 1. The van der Waals surface area contributed by atoms with Gasteiger partial charge in [-0.25, -0.2) is 4.98 Å². The SMILES string of the molecule is N#Cc1cc(N2CCCN(C3CCOCC3)CC2)c2ccccc2n1. The third kappa shape index (κ3) is 3.46. The molecule has 5 nitrogen and oxygen atoms in total. The van der Waals surface area contributed by atoms with Crippen molar-refractivity contribution in [3.8, 4) is 6.07 Å². The van der Waals surface area contributed by atoms with Gasteiger partial charge in [0, 0.05) is 56.5 Å². The third-order valence-corrected chi connectivity index (χ3v) is 5.39. The van der Waals surface area contributed by atoms with E-state index in [1.807, 2.05) is 24.3 Å². The molecule has 0 N–H and O–H groups in total. The Morgan fingerprint density at radius 3 is 2.76 bits per heavy atom. The number of para-hydroxylation sites is 1. The summed E-state index contributed by atoms with van der Waals surface area (Å²) in [5.41, 5.74) is 2.55. The van der Waals surface area contributed by atoms with Crippen molar-refractivity contribution in [1.82, 2.24) is 9.88 Å². The molecule has 2 saturated heterocycles. The van der Waals surface area contributed by atoms with Crippen molar-refractivity contribution in [2.75, 3.05) is 44.3 Å². The first-order chi connectivity index (χ1) is 12.3. The van der Waals surface area contributed by atoms with Gasteiger partial charge in [-0.2, -0.15) is 5.26 Å². The first-order valence-corrected chi connectivity index (χ1v) is 9.22. The highest BCUT2D eigenvalue weighted by Gasteiger charge is 2.24. The molecule has 0 bridgehead atoms. The summed E-state index contributed by atoms with van der Waals surface area (Å²) in [4.78, 5) is 9.52. The van der Waals surface area contributed by atoms with E-state index in [-0.39, 0.29) is 0 Å². The van der Waals surface area contributed by atoms with E-state index in [9.17, 15) is 5.26 Å². The Bertz CT molecular complexity index is 779. The molecule has 0 aliphatic carbocycles. The number of nitriles is 1. The van der Waals surface area contributed by atoms with Crippen LogP contribution in [-0.4, -0.2) is 55.3 Å². The fraction of sp³-hybridized carbons (Fsp3) is 0.500. The molecule has 0 spiro atoms. The van der Waals surface area contributed by atoms with Crippen LogP contribution in [0.1, 0.15) is 25.0 Å². The van der Waals surface area contributed by atoms with E-state index in [1.54, 1.807) is 0 Å². The maximum Gasteiger partial charge on any atom is 0.143 e. The minimum atomic E-state index is 0.499. The van der Waals surface area contributed by atoms with Crippen LogP contribution in [0, 0.1) is 11.3 Å². The van der Waals surface area contributed by atoms with E-state index in [0.717, 1.165) is 75.2 Å². The maximum atomic E-state index is 9.34. The quantitative estimate of drug-likeness (QED) is 0.844. The zero-order valence-electron chi connectivity index (χ0n) is 14.5. The molecule has 0 saturated carbocycles. The van der Waals surface area contributed by atoms with Crippen LogP contribution in [0.2, 0.25) is 0 Å². The highest BCUT2D eigenvalue weighted by Crippen LogP contribution is 2.28. The Balaban J connectivity index is 1.58. The predicted octanol–water partition coefficient (Wildman–Crippen LogP) is 2.80. The predicted molar refractivity (Wildman–Crippen MR) is 98.7 cm³/mol. The number of hydrogen-bond acceptors (Lipinski definition) is 5. The van der Waals surface area contributed by atoms with Gasteiger partial charge in [-0.05, 0) is 31.4 Å². The average molecular weight is 336 g/mol. The van der Waals surface area contributed by atoms with Gasteiger partial charge in [0.05, 0.1) is 5.52 Å². The normalized spacial score (nSPS) is 20.4. The second kappa shape index (κ2) is 7.38. The van der Waals surface area contributed by atoms with Crippen LogP contribution in [0.5, 0.6) is 0 Å². The Labute approximate surface area is 148 Å². The molecule has 5 heteroatoms. The summed E-state index contributed by atoms with van der Waals surface area (Å²) >= 11 is 0. The average Bonchev–Trinajstić information content (AvgIpc) is 2.94. The minimum absolute atomic E-state index is 0.499. The monoisotopic (exact) mass is 336 g/mol. The minimum Gasteiger partial charge on any atom is -0.381 e. The second-order valence-electron chi connectivity index (χ2n) is 6.88. The summed E-state index contributed by atoms with van der Waals surface area (Å²) in [6, 6.07) is 13.0. The highest BCUT2D eigenvalue weighted by molar-refractivity contribution is 5.92. The molecule has 25 heavy (non-hydrogen) atoms. The number of nitrogens with zero attached hydrogens (tertiary/aromatic N) is 4. The third-order valence-electron chi connectivity index (χ3n) is 5.39. The first kappa shape index (κ1) is 16.3. The Morgan fingerprint density at radius 1 is 1.08 bits per heavy atom. The number of hydrogen-bond donors (Lipinski definition) is 0. The van der Waals surface area contributed by atoms with Crippen molar-refractivity contribution >= 4 is 16.6 Å². The van der Waals surface area contributed by atoms with Gasteiger partial charge in [0.25, 0.3) is 0 Å². The lowest BCUT2D eigenvalue weighted by molar-refractivity contribution is 0.0365. The largest absolute Gasteiger partial charge is 0.381 e. The lowest BCUT2D eigenvalue weighted by Crippen LogP contribution is -2.41. The molecule has 0 atom stereocenters. The van der Waals surface area contributed by atoms with Crippen LogP contribution < -0.4 is 4.90 Å². The fourth-order valence-electron chi connectivity index (χ4n) is 4.07. The van der Waals surface area contributed by atoms with Crippen molar-refractivity contribution in [1.29, 1.82) is 5.26 Å². The molecule has 0 unspecified atom stereocenters. The topological polar surface area (TPSA) is 52.4 Å². The Morgan fingerprint density at radius 2 is 1.92 bits per heavy atom. The summed E-state index contributed by atoms with van der Waals surface area (Å²) in [6.45, 7) is 6.03. The lowest BCUT2D eigenvalue weighted by atomic mass is 10.1. The van der Waals surface area contributed by atoms with Crippen LogP contribution in [0.25, 0.3) is 10.9 Å². The van der Waals surface area contributed by atoms with Gasteiger partial charge >= 0.3 is 0 Å². The van der Waals surface area contributed by atoms with Gasteiger partial charge in [-0.1, -0.05) is 18.2 Å². The summed E-state index contributed by atoms with van der Waals surface area (Å²) in [6.07, 6.45) is 3.45. The van der Waals surface area contributed by atoms with Crippen LogP contribution in [0.4, 0.5) is 5.69 Å². The molecule has 130 valence electrons. The number of anilines is 1. The number of aromatic nitrogens is 1. The molecule has 0 amide bonds. The Hall–Kier alpha value is -2.16. The van der Waals surface area contributed by atoms with Gasteiger partial charge in [0.1, 0.15) is 11.8 Å². The molecule has 2 aliphatic rings. The standard InChI is InChI=1S/C20H24N4O/c21-15-16-14-20(18-4-1-2-5-19(18)22-16)24-9-3-8-23(10-11-24)17-6-12-25-13-7-17/h1-2,4-5,14,17H,3,6-13H2. The molecule has 2 fully saturated rings. The van der Waals surface area contributed by atoms with Gasteiger partial charge in [0.2, 0.25) is 0 Å². The second-order valence-corrected chi connectivity index (χ2v) is 6.88. The smallest absolute Gasteiger partial charge is 0.143 e. The van der Waals surface area contributed by atoms with E-state index in [4.69, 9.17) is 4.74 Å². The number of ether oxygens (including phenoxy) is 1.